The molecular formula is C4H16ClNO4. The Kier molecular flexibility index (Phi) is 127. The van der Waals surface area contributed by atoms with Gasteiger partial charge in [-0.15, -0.1) is 12.4 Å². The molecule has 1 amide bonds. The lowest BCUT2D eigenvalue weighted by Crippen LogP contribution is -1.82. The number of hydrogen-bond acceptors (Lipinski definition) is 1. The normalized spacial score (nSPS) is 8.40. The number of halogens is 1. The van der Waals surface area contributed by atoms with E-state index in [0.717, 1.165) is 0 Å². The molecule has 0 aliphatic heterocycles. The van der Waals surface area contributed by atoms with Crippen molar-refractivity contribution in [2.45, 2.75) is 19.3 Å². The summed E-state index contributed by atoms with van der Waals surface area (Å²) >= 11 is 0. The minimum atomic E-state index is 0. The Morgan fingerprint density at radius 2 is 1.10 bits per heavy atom. The first kappa shape index (κ1) is 33.4. The first-order chi connectivity index (χ1) is 2.91. The molecule has 0 aromatic carbocycles. The molecule has 1 aliphatic rings. The summed E-state index contributed by atoms with van der Waals surface area (Å²) in [7, 11) is 0. The third kappa shape index (κ3) is 822. The predicted molar refractivity (Wildman–Crippen MR) is 42.2 cm³/mol. The highest BCUT2D eigenvalue weighted by Gasteiger charge is 1.95. The highest BCUT2D eigenvalue weighted by molar-refractivity contribution is 5.85. The molecule has 0 aromatic rings. The van der Waals surface area contributed by atoms with Crippen LogP contribution in [-0.4, -0.2) is 22.8 Å². The van der Waals surface area contributed by atoms with E-state index in [-0.39, 0.29) is 35.2 Å². The second-order valence-electron chi connectivity index (χ2n) is 1.20. The van der Waals surface area contributed by atoms with Gasteiger partial charge in [-0.1, -0.05) is 19.3 Å². The van der Waals surface area contributed by atoms with Gasteiger partial charge in [-0.25, -0.2) is 0 Å². The molecule has 0 spiro atoms. The Labute approximate surface area is 65.9 Å². The number of carbonyl (C=O) groups excluding carboxylic acids is 1. The van der Waals surface area contributed by atoms with E-state index in [1.807, 2.05) is 0 Å². The monoisotopic (exact) mass is 177 g/mol. The van der Waals surface area contributed by atoms with Gasteiger partial charge in [0, 0.05) is 0 Å². The summed E-state index contributed by atoms with van der Waals surface area (Å²) < 4.78 is 0. The molecule has 0 atom stereocenters. The van der Waals surface area contributed by atoms with Crippen LogP contribution in [0.3, 0.4) is 0 Å². The van der Waals surface area contributed by atoms with Crippen LogP contribution in [0.2, 0.25) is 0 Å². The Balaban J connectivity index is -0.0000000119. The average molecular weight is 178 g/mol. The molecule has 0 saturated heterocycles. The van der Waals surface area contributed by atoms with Gasteiger partial charge in [0.15, 0.2) is 0 Å². The van der Waals surface area contributed by atoms with Crippen molar-refractivity contribution in [2.24, 2.45) is 5.73 Å². The lowest BCUT2D eigenvalue weighted by Gasteiger charge is -1.32. The molecule has 1 rings (SSSR count). The van der Waals surface area contributed by atoms with Crippen molar-refractivity contribution in [3.8, 4) is 0 Å². The molecule has 8 N–H and O–H groups in total. The lowest BCUT2D eigenvalue weighted by molar-refractivity contribution is -0.106. The van der Waals surface area contributed by atoms with E-state index in [0.29, 0.717) is 0 Å². The first-order valence-electron chi connectivity index (χ1n) is 2.07. The molecule has 6 heteroatoms. The molecule has 0 bridgehead atoms. The molecule has 0 unspecified atom stereocenters. The summed E-state index contributed by atoms with van der Waals surface area (Å²) in [5, 5.41) is 0. The van der Waals surface area contributed by atoms with Crippen LogP contribution in [0, 0.1) is 0 Å². The van der Waals surface area contributed by atoms with Crippen LogP contribution in [-0.2, 0) is 4.79 Å². The highest BCUT2D eigenvalue weighted by atomic mass is 35.5. The summed E-state index contributed by atoms with van der Waals surface area (Å²) in [6.07, 6.45) is 4.75. The molecule has 1 saturated carbocycles. The summed E-state index contributed by atoms with van der Waals surface area (Å²) in [6, 6.07) is 0. The fourth-order valence-electron chi connectivity index (χ4n) is 0. The smallest absolute Gasteiger partial charge is 0.204 e. The zero-order valence-electron chi connectivity index (χ0n) is 5.59. The van der Waals surface area contributed by atoms with Gasteiger partial charge in [0.1, 0.15) is 0 Å². The SMILES string of the molecule is C1CC1.Cl.NC=O.O.O.O. The fourth-order valence-corrected chi connectivity index (χ4v) is 0. The fraction of sp³-hybridized carbons (Fsp3) is 0.750. The third-order valence-electron chi connectivity index (χ3n) is 0.354. The molecule has 0 heterocycles. The average Bonchev–Trinajstić information content (AvgIpc) is 2.11. The van der Waals surface area contributed by atoms with E-state index in [2.05, 4.69) is 5.73 Å². The van der Waals surface area contributed by atoms with Crippen LogP contribution in [0.15, 0.2) is 0 Å². The minimum absolute atomic E-state index is 0. The van der Waals surface area contributed by atoms with E-state index in [4.69, 9.17) is 4.79 Å². The Bertz CT molecular complexity index is 41.5. The molecule has 10 heavy (non-hydrogen) atoms. The third-order valence-corrected chi connectivity index (χ3v) is 0.354. The van der Waals surface area contributed by atoms with Crippen LogP contribution in [0.25, 0.3) is 0 Å². The van der Waals surface area contributed by atoms with Gasteiger partial charge >= 0.3 is 0 Å². The van der Waals surface area contributed by atoms with Crippen LogP contribution in [0.5, 0.6) is 0 Å². The maximum atomic E-state index is 8.58. The van der Waals surface area contributed by atoms with Gasteiger partial charge in [0.2, 0.25) is 6.41 Å². The van der Waals surface area contributed by atoms with E-state index in [9.17, 15) is 0 Å². The first-order valence-corrected chi connectivity index (χ1v) is 2.07. The van der Waals surface area contributed by atoms with Gasteiger partial charge in [-0.3, -0.25) is 4.79 Å². The van der Waals surface area contributed by atoms with E-state index < -0.39 is 0 Å². The maximum absolute atomic E-state index is 8.58. The number of carbonyl (C=O) groups is 1. The van der Waals surface area contributed by atoms with Crippen molar-refractivity contribution in [3.05, 3.63) is 0 Å². The van der Waals surface area contributed by atoms with Gasteiger partial charge < -0.3 is 22.2 Å². The number of rotatable bonds is 0. The second kappa shape index (κ2) is 38.1. The van der Waals surface area contributed by atoms with Gasteiger partial charge in [-0.05, 0) is 0 Å². The largest absolute Gasteiger partial charge is 0.412 e. The van der Waals surface area contributed by atoms with Crippen molar-refractivity contribution in [1.82, 2.24) is 0 Å². The van der Waals surface area contributed by atoms with E-state index in [1.54, 1.807) is 0 Å². The standard InChI is InChI=1S/C3H6.CH3NO.ClH.3H2O/c1-2-3-1;2-1-3;;;;/h1-3H2;1H,(H2,2,3);1H;3*1H2. The summed E-state index contributed by atoms with van der Waals surface area (Å²) in [5.41, 5.74) is 4.17. The summed E-state index contributed by atoms with van der Waals surface area (Å²) in [6.45, 7) is 0. The van der Waals surface area contributed by atoms with Crippen LogP contribution in [0.4, 0.5) is 0 Å². The molecular weight excluding hydrogens is 162 g/mol. The topological polar surface area (TPSA) is 138 Å². The minimum Gasteiger partial charge on any atom is -0.412 e. The predicted octanol–water partition coefficient (Wildman–Crippen LogP) is -1.78. The van der Waals surface area contributed by atoms with Crippen molar-refractivity contribution in [3.63, 3.8) is 0 Å². The van der Waals surface area contributed by atoms with E-state index in [1.165, 1.54) is 19.3 Å². The highest BCUT2D eigenvalue weighted by Crippen LogP contribution is 2.14. The van der Waals surface area contributed by atoms with Crippen molar-refractivity contribution >= 4 is 18.8 Å². The number of primary amides is 1. The second-order valence-corrected chi connectivity index (χ2v) is 1.20. The molecule has 1 aliphatic carbocycles. The number of nitrogens with two attached hydrogens (primary N) is 1. The Morgan fingerprint density at radius 1 is 1.00 bits per heavy atom. The van der Waals surface area contributed by atoms with Crippen molar-refractivity contribution < 1.29 is 21.2 Å². The number of hydrogen-bond donors (Lipinski definition) is 1. The summed E-state index contributed by atoms with van der Waals surface area (Å²) in [5.74, 6) is 0. The molecule has 1 fully saturated rings. The Hall–Kier alpha value is -0.360. The van der Waals surface area contributed by atoms with Crippen LogP contribution in [0.1, 0.15) is 19.3 Å². The zero-order valence-corrected chi connectivity index (χ0v) is 6.41. The summed E-state index contributed by atoms with van der Waals surface area (Å²) in [4.78, 5) is 8.58. The zero-order chi connectivity index (χ0) is 4.83. The van der Waals surface area contributed by atoms with E-state index >= 15 is 0 Å². The van der Waals surface area contributed by atoms with Crippen LogP contribution >= 0.6 is 12.4 Å². The molecule has 5 nitrogen and oxygen atoms in total. The van der Waals surface area contributed by atoms with Crippen LogP contribution < -0.4 is 5.73 Å². The molecule has 0 aromatic heterocycles. The maximum Gasteiger partial charge on any atom is 0.204 e. The number of amides is 1. The quantitative estimate of drug-likeness (QED) is 0.430. The van der Waals surface area contributed by atoms with Gasteiger partial charge in [0.25, 0.3) is 0 Å². The molecule has 0 radical (unpaired) electrons. The van der Waals surface area contributed by atoms with Gasteiger partial charge in [-0.2, -0.15) is 0 Å². The van der Waals surface area contributed by atoms with Crippen molar-refractivity contribution in [2.75, 3.05) is 0 Å². The molecule has 68 valence electrons. The Morgan fingerprint density at radius 3 is 1.10 bits per heavy atom. The van der Waals surface area contributed by atoms with Crippen molar-refractivity contribution in [1.29, 1.82) is 0 Å². The van der Waals surface area contributed by atoms with Gasteiger partial charge in [0.05, 0.1) is 0 Å². The lowest BCUT2D eigenvalue weighted by atomic mass is 11.0.